The lowest BCUT2D eigenvalue weighted by Gasteiger charge is -2.40. The third-order valence-corrected chi connectivity index (χ3v) is 6.25. The quantitative estimate of drug-likeness (QED) is 0.899. The lowest BCUT2D eigenvalue weighted by Crippen LogP contribution is -2.45. The standard InChI is InChI=1S/C16H26N2O/c1-10-9-17-14(19-10)11(2)18-13-8-12-6-7-16(13,5)15(12,3)4/h9,11-13,18H,6-8H2,1-5H3. The van der Waals surface area contributed by atoms with Gasteiger partial charge in [0.05, 0.1) is 12.2 Å². The van der Waals surface area contributed by atoms with E-state index in [2.05, 4.69) is 38.0 Å². The summed E-state index contributed by atoms with van der Waals surface area (Å²) < 4.78 is 5.65. The summed E-state index contributed by atoms with van der Waals surface area (Å²) in [6, 6.07) is 0.786. The maximum atomic E-state index is 5.65. The van der Waals surface area contributed by atoms with Crippen molar-refractivity contribution in [2.45, 2.75) is 66.0 Å². The van der Waals surface area contributed by atoms with Gasteiger partial charge in [-0.15, -0.1) is 0 Å². The molecule has 3 rings (SSSR count). The van der Waals surface area contributed by atoms with Crippen molar-refractivity contribution in [2.24, 2.45) is 16.7 Å². The van der Waals surface area contributed by atoms with Crippen molar-refractivity contribution in [3.8, 4) is 0 Å². The first-order valence-corrected chi connectivity index (χ1v) is 7.53. The van der Waals surface area contributed by atoms with E-state index >= 15 is 0 Å². The molecule has 4 atom stereocenters. The van der Waals surface area contributed by atoms with Crippen molar-refractivity contribution in [3.63, 3.8) is 0 Å². The van der Waals surface area contributed by atoms with Crippen LogP contribution < -0.4 is 5.32 Å². The van der Waals surface area contributed by atoms with Gasteiger partial charge in [0.15, 0.2) is 0 Å². The predicted octanol–water partition coefficient (Wildman–Crippen LogP) is 3.85. The minimum Gasteiger partial charge on any atom is -0.444 e. The van der Waals surface area contributed by atoms with Crippen molar-refractivity contribution in [3.05, 3.63) is 17.8 Å². The maximum Gasteiger partial charge on any atom is 0.211 e. The summed E-state index contributed by atoms with van der Waals surface area (Å²) in [5.74, 6) is 2.58. The predicted molar refractivity (Wildman–Crippen MR) is 75.8 cm³/mol. The Morgan fingerprint density at radius 1 is 1.42 bits per heavy atom. The molecule has 2 saturated carbocycles. The molecule has 2 fully saturated rings. The molecule has 0 saturated heterocycles. The zero-order valence-electron chi connectivity index (χ0n) is 12.8. The van der Waals surface area contributed by atoms with Crippen LogP contribution in [0.3, 0.4) is 0 Å². The lowest BCUT2D eigenvalue weighted by molar-refractivity contribution is 0.114. The fraction of sp³-hybridized carbons (Fsp3) is 0.812. The van der Waals surface area contributed by atoms with Crippen LogP contribution in [0.1, 0.15) is 64.7 Å². The molecule has 3 nitrogen and oxygen atoms in total. The van der Waals surface area contributed by atoms with Crippen LogP contribution in [0.15, 0.2) is 10.6 Å². The van der Waals surface area contributed by atoms with Gasteiger partial charge in [-0.1, -0.05) is 20.8 Å². The monoisotopic (exact) mass is 262 g/mol. The fourth-order valence-corrected chi connectivity index (χ4v) is 4.40. The van der Waals surface area contributed by atoms with E-state index in [0.717, 1.165) is 17.6 Å². The summed E-state index contributed by atoms with van der Waals surface area (Å²) >= 11 is 0. The minimum absolute atomic E-state index is 0.200. The van der Waals surface area contributed by atoms with Gasteiger partial charge in [-0.2, -0.15) is 0 Å². The number of nitrogens with zero attached hydrogens (tertiary/aromatic N) is 1. The number of hydrogen-bond donors (Lipinski definition) is 1. The second-order valence-corrected chi connectivity index (χ2v) is 7.36. The van der Waals surface area contributed by atoms with Crippen LogP contribution in [0, 0.1) is 23.7 Å². The second-order valence-electron chi connectivity index (χ2n) is 7.36. The largest absolute Gasteiger partial charge is 0.444 e. The van der Waals surface area contributed by atoms with Crippen LogP contribution in [-0.2, 0) is 0 Å². The Bertz CT molecular complexity index is 479. The van der Waals surface area contributed by atoms with Gasteiger partial charge in [0.1, 0.15) is 5.76 Å². The topological polar surface area (TPSA) is 38.1 Å². The molecule has 0 radical (unpaired) electrons. The SMILES string of the molecule is Cc1cnc(C(C)NC2CC3CCC2(C)C3(C)C)o1. The highest BCUT2D eigenvalue weighted by molar-refractivity contribution is 5.13. The minimum atomic E-state index is 0.200. The van der Waals surface area contributed by atoms with Crippen molar-refractivity contribution < 1.29 is 4.42 Å². The molecular weight excluding hydrogens is 236 g/mol. The van der Waals surface area contributed by atoms with Crippen molar-refractivity contribution >= 4 is 0 Å². The van der Waals surface area contributed by atoms with Gasteiger partial charge >= 0.3 is 0 Å². The summed E-state index contributed by atoms with van der Waals surface area (Å²) in [6.45, 7) is 11.5. The molecule has 2 aliphatic carbocycles. The van der Waals surface area contributed by atoms with Crippen LogP contribution in [0.5, 0.6) is 0 Å². The number of aromatic nitrogens is 1. The van der Waals surface area contributed by atoms with E-state index in [-0.39, 0.29) is 6.04 Å². The van der Waals surface area contributed by atoms with Crippen LogP contribution in [0.25, 0.3) is 0 Å². The van der Waals surface area contributed by atoms with E-state index in [1.165, 1.54) is 19.3 Å². The molecule has 4 unspecified atom stereocenters. The Hall–Kier alpha value is -0.830. The average Bonchev–Trinajstić information content (AvgIpc) is 2.91. The van der Waals surface area contributed by atoms with E-state index in [4.69, 9.17) is 4.42 Å². The van der Waals surface area contributed by atoms with Crippen LogP contribution >= 0.6 is 0 Å². The Morgan fingerprint density at radius 2 is 2.16 bits per heavy atom. The fourth-order valence-electron chi connectivity index (χ4n) is 4.40. The number of nitrogens with one attached hydrogen (secondary N) is 1. The van der Waals surface area contributed by atoms with E-state index in [1.54, 1.807) is 6.20 Å². The van der Waals surface area contributed by atoms with Gasteiger partial charge in [-0.25, -0.2) is 4.98 Å². The highest BCUT2D eigenvalue weighted by Crippen LogP contribution is 2.65. The summed E-state index contributed by atoms with van der Waals surface area (Å²) in [6.07, 6.45) is 5.85. The first kappa shape index (κ1) is 13.2. The zero-order valence-corrected chi connectivity index (χ0v) is 12.8. The van der Waals surface area contributed by atoms with Gasteiger partial charge in [0.2, 0.25) is 5.89 Å². The number of rotatable bonds is 3. The molecule has 2 bridgehead atoms. The van der Waals surface area contributed by atoms with Gasteiger partial charge in [-0.3, -0.25) is 0 Å². The van der Waals surface area contributed by atoms with Crippen LogP contribution in [0.2, 0.25) is 0 Å². The Morgan fingerprint density at radius 3 is 2.63 bits per heavy atom. The molecule has 0 amide bonds. The van der Waals surface area contributed by atoms with Gasteiger partial charge in [0, 0.05) is 6.04 Å². The summed E-state index contributed by atoms with van der Waals surface area (Å²) in [7, 11) is 0. The van der Waals surface area contributed by atoms with Crippen LogP contribution in [-0.4, -0.2) is 11.0 Å². The van der Waals surface area contributed by atoms with Gasteiger partial charge < -0.3 is 9.73 Å². The van der Waals surface area contributed by atoms with Crippen molar-refractivity contribution in [2.75, 3.05) is 0 Å². The molecule has 106 valence electrons. The molecule has 0 aromatic carbocycles. The molecule has 1 aromatic heterocycles. The van der Waals surface area contributed by atoms with Gasteiger partial charge in [0.25, 0.3) is 0 Å². The van der Waals surface area contributed by atoms with Crippen molar-refractivity contribution in [1.82, 2.24) is 10.3 Å². The first-order valence-electron chi connectivity index (χ1n) is 7.53. The Labute approximate surface area is 116 Å². The second kappa shape index (κ2) is 4.08. The first-order chi connectivity index (χ1) is 8.84. The number of fused-ring (bicyclic) bond motifs is 2. The zero-order chi connectivity index (χ0) is 13.8. The molecule has 2 aliphatic rings. The average molecular weight is 262 g/mol. The smallest absolute Gasteiger partial charge is 0.211 e. The normalized spacial score (nSPS) is 37.7. The third kappa shape index (κ3) is 1.78. The molecule has 3 heteroatoms. The number of hydrogen-bond acceptors (Lipinski definition) is 3. The molecule has 1 aromatic rings. The van der Waals surface area contributed by atoms with E-state index < -0.39 is 0 Å². The number of aryl methyl sites for hydroxylation is 1. The summed E-state index contributed by atoms with van der Waals surface area (Å²) in [4.78, 5) is 4.35. The molecule has 0 spiro atoms. The number of oxazole rings is 1. The van der Waals surface area contributed by atoms with E-state index in [0.29, 0.717) is 16.9 Å². The highest BCUT2D eigenvalue weighted by atomic mass is 16.4. The lowest BCUT2D eigenvalue weighted by atomic mass is 9.69. The maximum absolute atomic E-state index is 5.65. The van der Waals surface area contributed by atoms with E-state index in [9.17, 15) is 0 Å². The Balaban J connectivity index is 1.75. The summed E-state index contributed by atoms with van der Waals surface area (Å²) in [5, 5.41) is 3.78. The molecule has 19 heavy (non-hydrogen) atoms. The molecule has 1 N–H and O–H groups in total. The van der Waals surface area contributed by atoms with E-state index in [1.807, 2.05) is 6.92 Å². The third-order valence-electron chi connectivity index (χ3n) is 6.25. The highest BCUT2D eigenvalue weighted by Gasteiger charge is 2.61. The molecule has 0 aliphatic heterocycles. The van der Waals surface area contributed by atoms with Crippen molar-refractivity contribution in [1.29, 1.82) is 0 Å². The van der Waals surface area contributed by atoms with Gasteiger partial charge in [-0.05, 0) is 49.9 Å². The molecule has 1 heterocycles. The Kier molecular flexibility index (Phi) is 2.83. The molecular formula is C16H26N2O. The van der Waals surface area contributed by atoms with Crippen LogP contribution in [0.4, 0.5) is 0 Å². The summed E-state index contributed by atoms with van der Waals surface area (Å²) in [5.41, 5.74) is 0.866.